The molecule has 5 heteroatoms. The second-order valence-corrected chi connectivity index (χ2v) is 4.23. The monoisotopic (exact) mass is 292 g/mol. The quantitative estimate of drug-likeness (QED) is 0.269. The van der Waals surface area contributed by atoms with Crippen molar-refractivity contribution in [3.05, 3.63) is 0 Å². The van der Waals surface area contributed by atoms with Crippen molar-refractivity contribution >= 4 is 11.8 Å². The molecule has 4 nitrogen and oxygen atoms in total. The van der Waals surface area contributed by atoms with Crippen LogP contribution in [0.15, 0.2) is 0 Å². The van der Waals surface area contributed by atoms with Crippen LogP contribution >= 0.6 is 0 Å². The molecule has 0 heterocycles. The summed E-state index contributed by atoms with van der Waals surface area (Å²) in [5, 5.41) is 0. The van der Waals surface area contributed by atoms with Gasteiger partial charge < -0.3 is 0 Å². The Kier molecular flexibility index (Phi) is 14.8. The van der Waals surface area contributed by atoms with Gasteiger partial charge in [0.05, 0.1) is 6.61 Å². The van der Waals surface area contributed by atoms with Crippen LogP contribution in [0.5, 0.6) is 0 Å². The van der Waals surface area contributed by atoms with Crippen molar-refractivity contribution in [2.24, 2.45) is 5.92 Å². The van der Waals surface area contributed by atoms with Crippen LogP contribution in [0.25, 0.3) is 0 Å². The average molecular weight is 292 g/mol. The number of carbonyl (C=O) groups is 2. The van der Waals surface area contributed by atoms with Crippen molar-refractivity contribution in [3.63, 3.8) is 0 Å². The Balaban J connectivity index is 0. The minimum atomic E-state index is -0.595. The van der Waals surface area contributed by atoms with E-state index in [1.807, 2.05) is 0 Å². The molecule has 0 saturated carbocycles. The maximum Gasteiger partial charge on any atom is 0.349 e. The molecule has 0 bridgehead atoms. The molecule has 0 aliphatic carbocycles. The van der Waals surface area contributed by atoms with Gasteiger partial charge in [-0.2, -0.15) is 4.89 Å². The van der Waals surface area contributed by atoms with Crippen LogP contribution < -0.4 is 0 Å². The predicted molar refractivity (Wildman–Crippen MR) is 65.3 cm³/mol. The second kappa shape index (κ2) is 13.3. The van der Waals surface area contributed by atoms with E-state index in [2.05, 4.69) is 18.7 Å². The molecule has 0 aromatic carbocycles. The Labute approximate surface area is 125 Å². The van der Waals surface area contributed by atoms with E-state index in [-0.39, 0.29) is 33.9 Å². The van der Waals surface area contributed by atoms with Crippen LogP contribution in [-0.4, -0.2) is 18.4 Å². The van der Waals surface area contributed by atoms with E-state index in [4.69, 9.17) is 4.89 Å². The summed E-state index contributed by atoms with van der Waals surface area (Å²) in [4.78, 5) is 31.5. The van der Waals surface area contributed by atoms with E-state index in [9.17, 15) is 9.59 Å². The predicted octanol–water partition coefficient (Wildman–Crippen LogP) is 3.04. The smallest absolute Gasteiger partial charge is 0.299 e. The maximum absolute atomic E-state index is 11.1. The molecular formula is C13H24O4Ti. The summed E-state index contributed by atoms with van der Waals surface area (Å²) >= 11 is 0. The Morgan fingerprint density at radius 3 is 2.33 bits per heavy atom. The van der Waals surface area contributed by atoms with Crippen molar-refractivity contribution in [1.82, 2.24) is 0 Å². The Bertz CT molecular complexity index is 231. The fourth-order valence-corrected chi connectivity index (χ4v) is 1.41. The van der Waals surface area contributed by atoms with Gasteiger partial charge in [-0.05, 0) is 12.3 Å². The first-order chi connectivity index (χ1) is 8.13. The molecule has 0 aromatic rings. The summed E-state index contributed by atoms with van der Waals surface area (Å²) in [6.45, 7) is 6.37. The summed E-state index contributed by atoms with van der Waals surface area (Å²) in [5.74, 6) is -0.302. The molecule has 0 radical (unpaired) electrons. The topological polar surface area (TPSA) is 52.6 Å². The zero-order valence-electron chi connectivity index (χ0n) is 11.7. The normalized spacial score (nSPS) is 11.5. The van der Waals surface area contributed by atoms with Gasteiger partial charge in [0.25, 0.3) is 0 Å². The number of unbranched alkanes of at least 4 members (excludes halogenated alkanes) is 1. The summed E-state index contributed by atoms with van der Waals surface area (Å²) < 4.78 is 0. The van der Waals surface area contributed by atoms with Gasteiger partial charge in [0, 0.05) is 28.1 Å². The van der Waals surface area contributed by atoms with Gasteiger partial charge in [0.2, 0.25) is 0 Å². The van der Waals surface area contributed by atoms with Crippen LogP contribution in [-0.2, 0) is 41.1 Å². The van der Waals surface area contributed by atoms with E-state index in [0.717, 1.165) is 25.7 Å². The molecule has 104 valence electrons. The third kappa shape index (κ3) is 10.9. The third-order valence-electron chi connectivity index (χ3n) is 2.73. The van der Waals surface area contributed by atoms with Crippen molar-refractivity contribution in [1.29, 1.82) is 0 Å². The van der Waals surface area contributed by atoms with Crippen molar-refractivity contribution < 1.29 is 41.1 Å². The van der Waals surface area contributed by atoms with Gasteiger partial charge in [-0.1, -0.05) is 40.0 Å². The van der Waals surface area contributed by atoms with Gasteiger partial charge in [0.15, 0.2) is 0 Å². The summed E-state index contributed by atoms with van der Waals surface area (Å²) in [6, 6.07) is 0. The largest absolute Gasteiger partial charge is 0.349 e. The molecule has 0 aliphatic rings. The number of carbonyl (C=O) groups excluding carboxylic acids is 2. The number of rotatable bonds is 10. The minimum absolute atomic E-state index is 0. The molecule has 0 amide bonds. The summed E-state index contributed by atoms with van der Waals surface area (Å²) in [6.07, 6.45) is 4.56. The van der Waals surface area contributed by atoms with Crippen LogP contribution in [0.1, 0.15) is 59.3 Å². The molecule has 0 aliphatic heterocycles. The number of hydrogen-bond donors (Lipinski definition) is 0. The Hall–Kier alpha value is -0.186. The molecule has 0 fully saturated rings. The minimum Gasteiger partial charge on any atom is -0.299 e. The van der Waals surface area contributed by atoms with E-state index in [1.165, 1.54) is 0 Å². The SMILES string of the molecule is CCCCC(CC)COOC(=O)CC(=O)CC.[Ti]. The fourth-order valence-electron chi connectivity index (χ4n) is 1.41. The first-order valence-electron chi connectivity index (χ1n) is 6.47. The maximum atomic E-state index is 11.1. The van der Waals surface area contributed by atoms with Crippen LogP contribution in [0, 0.1) is 5.92 Å². The van der Waals surface area contributed by atoms with Crippen LogP contribution in [0.2, 0.25) is 0 Å². The number of Topliss-reactive ketones (excluding diaryl/α,β-unsaturated/α-hetero) is 1. The molecule has 1 atom stereocenters. The zero-order valence-corrected chi connectivity index (χ0v) is 13.2. The zero-order chi connectivity index (χ0) is 13.1. The molecule has 0 N–H and O–H groups in total. The first-order valence-corrected chi connectivity index (χ1v) is 6.47. The van der Waals surface area contributed by atoms with Gasteiger partial charge in [-0.25, -0.2) is 4.79 Å². The standard InChI is InChI=1S/C13H24O4.Ti/c1-4-7-8-11(5-2)10-16-17-13(15)9-12(14)6-3;/h11H,4-10H2,1-3H3;. The Morgan fingerprint density at radius 2 is 1.83 bits per heavy atom. The molecule has 0 rings (SSSR count). The van der Waals surface area contributed by atoms with Gasteiger partial charge in [-0.15, -0.1) is 0 Å². The van der Waals surface area contributed by atoms with E-state index < -0.39 is 5.97 Å². The fraction of sp³-hybridized carbons (Fsp3) is 0.846. The van der Waals surface area contributed by atoms with E-state index >= 15 is 0 Å². The molecule has 18 heavy (non-hydrogen) atoms. The second-order valence-electron chi connectivity index (χ2n) is 4.23. The van der Waals surface area contributed by atoms with Gasteiger partial charge in [0.1, 0.15) is 12.2 Å². The summed E-state index contributed by atoms with van der Waals surface area (Å²) in [7, 11) is 0. The summed E-state index contributed by atoms with van der Waals surface area (Å²) in [5.41, 5.74) is 0. The molecular weight excluding hydrogens is 268 g/mol. The molecule has 0 saturated heterocycles. The van der Waals surface area contributed by atoms with Crippen molar-refractivity contribution in [2.75, 3.05) is 6.61 Å². The van der Waals surface area contributed by atoms with Gasteiger partial charge in [-0.3, -0.25) is 9.68 Å². The van der Waals surface area contributed by atoms with Crippen LogP contribution in [0.3, 0.4) is 0 Å². The van der Waals surface area contributed by atoms with Crippen LogP contribution in [0.4, 0.5) is 0 Å². The first kappa shape index (κ1) is 20.1. The molecule has 1 unspecified atom stereocenters. The molecule has 0 spiro atoms. The van der Waals surface area contributed by atoms with E-state index in [1.54, 1.807) is 6.92 Å². The third-order valence-corrected chi connectivity index (χ3v) is 2.73. The van der Waals surface area contributed by atoms with Gasteiger partial charge >= 0.3 is 5.97 Å². The number of ketones is 1. The van der Waals surface area contributed by atoms with Crippen molar-refractivity contribution in [2.45, 2.75) is 59.3 Å². The molecule has 0 aromatic heterocycles. The number of hydrogen-bond acceptors (Lipinski definition) is 4. The Morgan fingerprint density at radius 1 is 1.17 bits per heavy atom. The average Bonchev–Trinajstić information content (AvgIpc) is 2.33. The van der Waals surface area contributed by atoms with E-state index in [0.29, 0.717) is 18.9 Å². The van der Waals surface area contributed by atoms with Crippen molar-refractivity contribution in [3.8, 4) is 0 Å².